The lowest BCUT2D eigenvalue weighted by molar-refractivity contribution is 0.475. The molecule has 1 heteroatoms. The van der Waals surface area contributed by atoms with E-state index in [-0.39, 0.29) is 0 Å². The van der Waals surface area contributed by atoms with Crippen LogP contribution in [0, 0.1) is 13.8 Å². The molecule has 0 aliphatic carbocycles. The molecule has 0 fully saturated rings. The standard InChI is InChI=1S/C13H20.C6H6O/c1-6-13(4,5)12-8-10(2)7-11(3)9-12;7-6-4-2-1-3-5-6/h7-9H,6H2,1-5H3;1-5,7H. The number of para-hydroxylation sites is 1. The Morgan fingerprint density at radius 2 is 1.40 bits per heavy atom. The molecular weight excluding hydrogens is 244 g/mol. The summed E-state index contributed by atoms with van der Waals surface area (Å²) in [5, 5.41) is 8.63. The minimum absolute atomic E-state index is 0.316. The van der Waals surface area contributed by atoms with Crippen LogP contribution in [0.25, 0.3) is 0 Å². The highest BCUT2D eigenvalue weighted by atomic mass is 16.3. The molecule has 20 heavy (non-hydrogen) atoms. The molecule has 0 aliphatic heterocycles. The predicted molar refractivity (Wildman–Crippen MR) is 87.3 cm³/mol. The zero-order chi connectivity index (χ0) is 15.2. The number of benzene rings is 2. The van der Waals surface area contributed by atoms with Crippen molar-refractivity contribution >= 4 is 0 Å². The molecule has 0 aliphatic rings. The van der Waals surface area contributed by atoms with Gasteiger partial charge in [0.15, 0.2) is 0 Å². The number of phenolic OH excluding ortho intramolecular Hbond substituents is 1. The fourth-order valence-corrected chi connectivity index (χ4v) is 2.00. The maximum absolute atomic E-state index is 8.63. The van der Waals surface area contributed by atoms with Gasteiger partial charge in [0.05, 0.1) is 0 Å². The molecule has 0 unspecified atom stereocenters. The summed E-state index contributed by atoms with van der Waals surface area (Å²) in [4.78, 5) is 0. The van der Waals surface area contributed by atoms with E-state index in [0.717, 1.165) is 0 Å². The van der Waals surface area contributed by atoms with Gasteiger partial charge in [0.25, 0.3) is 0 Å². The summed E-state index contributed by atoms with van der Waals surface area (Å²) in [6.07, 6.45) is 1.19. The molecular formula is C19H26O. The van der Waals surface area contributed by atoms with E-state index < -0.39 is 0 Å². The van der Waals surface area contributed by atoms with Crippen molar-refractivity contribution in [1.29, 1.82) is 0 Å². The van der Waals surface area contributed by atoms with Crippen molar-refractivity contribution in [3.05, 3.63) is 65.2 Å². The molecule has 1 nitrogen and oxygen atoms in total. The summed E-state index contributed by atoms with van der Waals surface area (Å²) < 4.78 is 0. The van der Waals surface area contributed by atoms with E-state index in [1.54, 1.807) is 24.3 Å². The lowest BCUT2D eigenvalue weighted by Gasteiger charge is -2.24. The Kier molecular flexibility index (Phi) is 5.82. The van der Waals surface area contributed by atoms with Crippen molar-refractivity contribution in [3.8, 4) is 5.75 Å². The molecule has 2 aromatic rings. The molecule has 0 spiro atoms. The van der Waals surface area contributed by atoms with Crippen LogP contribution in [0.15, 0.2) is 48.5 Å². The first kappa shape index (κ1) is 16.3. The van der Waals surface area contributed by atoms with Crippen LogP contribution in [0.5, 0.6) is 5.75 Å². The zero-order valence-corrected chi connectivity index (χ0v) is 13.3. The Hall–Kier alpha value is -1.76. The van der Waals surface area contributed by atoms with Crippen molar-refractivity contribution in [3.63, 3.8) is 0 Å². The van der Waals surface area contributed by atoms with Crippen molar-refractivity contribution in [2.45, 2.75) is 46.5 Å². The second kappa shape index (κ2) is 7.14. The molecule has 1 N–H and O–H groups in total. The van der Waals surface area contributed by atoms with Crippen LogP contribution in [0.1, 0.15) is 43.9 Å². The highest BCUT2D eigenvalue weighted by Gasteiger charge is 2.17. The van der Waals surface area contributed by atoms with E-state index in [1.807, 2.05) is 6.07 Å². The van der Waals surface area contributed by atoms with Crippen molar-refractivity contribution < 1.29 is 5.11 Å². The van der Waals surface area contributed by atoms with Gasteiger partial charge >= 0.3 is 0 Å². The van der Waals surface area contributed by atoms with Crippen molar-refractivity contribution in [1.82, 2.24) is 0 Å². The monoisotopic (exact) mass is 270 g/mol. The Balaban J connectivity index is 0.000000240. The van der Waals surface area contributed by atoms with E-state index in [9.17, 15) is 0 Å². The Bertz CT molecular complexity index is 506. The second-order valence-electron chi connectivity index (χ2n) is 5.95. The number of aromatic hydroxyl groups is 1. The first-order valence-corrected chi connectivity index (χ1v) is 7.18. The van der Waals surface area contributed by atoms with Gasteiger partial charge in [-0.25, -0.2) is 0 Å². The van der Waals surface area contributed by atoms with Gasteiger partial charge in [-0.2, -0.15) is 0 Å². The largest absolute Gasteiger partial charge is 0.508 e. The van der Waals surface area contributed by atoms with Crippen molar-refractivity contribution in [2.75, 3.05) is 0 Å². The van der Waals surface area contributed by atoms with Crippen LogP contribution in [-0.2, 0) is 5.41 Å². The van der Waals surface area contributed by atoms with Crippen LogP contribution in [0.2, 0.25) is 0 Å². The average Bonchev–Trinajstić information content (AvgIpc) is 2.39. The zero-order valence-electron chi connectivity index (χ0n) is 13.3. The first-order chi connectivity index (χ1) is 9.35. The normalized spacial score (nSPS) is 10.7. The molecule has 0 radical (unpaired) electrons. The van der Waals surface area contributed by atoms with E-state index >= 15 is 0 Å². The topological polar surface area (TPSA) is 20.2 Å². The SMILES string of the molecule is CCC(C)(C)c1cc(C)cc(C)c1.Oc1ccccc1. The van der Waals surface area contributed by atoms with Crippen LogP contribution in [-0.4, -0.2) is 5.11 Å². The second-order valence-corrected chi connectivity index (χ2v) is 5.95. The number of hydrogen-bond donors (Lipinski definition) is 1. The quantitative estimate of drug-likeness (QED) is 0.776. The fourth-order valence-electron chi connectivity index (χ4n) is 2.00. The fraction of sp³-hybridized carbons (Fsp3) is 0.368. The van der Waals surface area contributed by atoms with Gasteiger partial charge < -0.3 is 5.11 Å². The van der Waals surface area contributed by atoms with Gasteiger partial charge in [-0.15, -0.1) is 0 Å². The number of aryl methyl sites for hydroxylation is 2. The smallest absolute Gasteiger partial charge is 0.115 e. The minimum atomic E-state index is 0.316. The molecule has 0 saturated heterocycles. The average molecular weight is 270 g/mol. The highest BCUT2D eigenvalue weighted by Crippen LogP contribution is 2.27. The van der Waals surface area contributed by atoms with Gasteiger partial charge in [0, 0.05) is 0 Å². The van der Waals surface area contributed by atoms with Crippen molar-refractivity contribution in [2.24, 2.45) is 0 Å². The van der Waals surface area contributed by atoms with Gasteiger partial charge in [-0.3, -0.25) is 0 Å². The molecule has 0 bridgehead atoms. The molecule has 0 amide bonds. The summed E-state index contributed by atoms with van der Waals surface area (Å²) in [5.74, 6) is 0.322. The molecule has 2 rings (SSSR count). The van der Waals surface area contributed by atoms with E-state index in [0.29, 0.717) is 11.2 Å². The summed E-state index contributed by atoms with van der Waals surface area (Å²) in [6.45, 7) is 11.2. The Morgan fingerprint density at radius 3 is 1.75 bits per heavy atom. The minimum Gasteiger partial charge on any atom is -0.508 e. The van der Waals surface area contributed by atoms with E-state index in [1.165, 1.54) is 23.1 Å². The maximum atomic E-state index is 8.63. The van der Waals surface area contributed by atoms with Crippen LogP contribution >= 0.6 is 0 Å². The lowest BCUT2D eigenvalue weighted by atomic mass is 9.81. The van der Waals surface area contributed by atoms with Gasteiger partial charge in [-0.1, -0.05) is 68.3 Å². The van der Waals surface area contributed by atoms with Gasteiger partial charge in [-0.05, 0) is 43.4 Å². The Labute approximate surface area is 123 Å². The molecule has 2 aromatic carbocycles. The maximum Gasteiger partial charge on any atom is 0.115 e. The number of hydrogen-bond acceptors (Lipinski definition) is 1. The third kappa shape index (κ3) is 5.08. The number of phenols is 1. The molecule has 108 valence electrons. The third-order valence-electron chi connectivity index (χ3n) is 3.64. The molecule has 0 aromatic heterocycles. The van der Waals surface area contributed by atoms with E-state index in [2.05, 4.69) is 52.8 Å². The molecule has 0 atom stereocenters. The number of rotatable bonds is 2. The van der Waals surface area contributed by atoms with E-state index in [4.69, 9.17) is 5.11 Å². The first-order valence-electron chi connectivity index (χ1n) is 7.18. The third-order valence-corrected chi connectivity index (χ3v) is 3.64. The summed E-state index contributed by atoms with van der Waals surface area (Å²) in [5.41, 5.74) is 4.53. The predicted octanol–water partition coefficient (Wildman–Crippen LogP) is 5.38. The molecule has 0 heterocycles. The Morgan fingerprint density at radius 1 is 0.900 bits per heavy atom. The van der Waals surface area contributed by atoms with Gasteiger partial charge in [0.1, 0.15) is 5.75 Å². The molecule has 0 saturated carbocycles. The lowest BCUT2D eigenvalue weighted by Crippen LogP contribution is -2.15. The van der Waals surface area contributed by atoms with Gasteiger partial charge in [0.2, 0.25) is 0 Å². The highest BCUT2D eigenvalue weighted by molar-refractivity contribution is 5.33. The summed E-state index contributed by atoms with van der Waals surface area (Å²) in [7, 11) is 0. The van der Waals surface area contributed by atoms with Crippen LogP contribution in [0.4, 0.5) is 0 Å². The van der Waals surface area contributed by atoms with Crippen LogP contribution < -0.4 is 0 Å². The summed E-state index contributed by atoms with van der Waals surface area (Å²) >= 11 is 0. The summed E-state index contributed by atoms with van der Waals surface area (Å²) in [6, 6.07) is 15.5. The van der Waals surface area contributed by atoms with Crippen LogP contribution in [0.3, 0.4) is 0 Å².